The second-order valence-corrected chi connectivity index (χ2v) is 4.83. The predicted molar refractivity (Wildman–Crippen MR) is 77.8 cm³/mol. The molecule has 3 nitrogen and oxygen atoms in total. The summed E-state index contributed by atoms with van der Waals surface area (Å²) in [5, 5.41) is 2.37. The van der Waals surface area contributed by atoms with Crippen LogP contribution < -0.4 is 5.32 Å². The third-order valence-electron chi connectivity index (χ3n) is 2.91. The van der Waals surface area contributed by atoms with Crippen LogP contribution in [0.15, 0.2) is 48.5 Å². The summed E-state index contributed by atoms with van der Waals surface area (Å²) in [4.78, 5) is 13.6. The summed E-state index contributed by atoms with van der Waals surface area (Å²) < 4.78 is 26.4. The average Bonchev–Trinajstić information content (AvgIpc) is 2.43. The van der Waals surface area contributed by atoms with Crippen molar-refractivity contribution in [1.82, 2.24) is 4.90 Å². The Morgan fingerprint density at radius 1 is 1.14 bits per heavy atom. The van der Waals surface area contributed by atoms with Crippen LogP contribution in [0, 0.1) is 11.6 Å². The SMILES string of the molecule is CN(CC(=O)Nc1cc(F)ccc1F)Cc1ccccc1. The largest absolute Gasteiger partial charge is 0.322 e. The van der Waals surface area contributed by atoms with Gasteiger partial charge in [0.1, 0.15) is 11.6 Å². The summed E-state index contributed by atoms with van der Waals surface area (Å²) in [6.45, 7) is 0.685. The van der Waals surface area contributed by atoms with Crippen molar-refractivity contribution >= 4 is 11.6 Å². The van der Waals surface area contributed by atoms with Gasteiger partial charge in [-0.15, -0.1) is 0 Å². The highest BCUT2D eigenvalue weighted by Gasteiger charge is 2.10. The van der Waals surface area contributed by atoms with Gasteiger partial charge in [0.2, 0.25) is 5.91 Å². The summed E-state index contributed by atoms with van der Waals surface area (Å²) in [6.07, 6.45) is 0. The highest BCUT2D eigenvalue weighted by atomic mass is 19.1. The molecule has 0 heterocycles. The lowest BCUT2D eigenvalue weighted by atomic mass is 10.2. The van der Waals surface area contributed by atoms with Gasteiger partial charge in [0, 0.05) is 12.6 Å². The van der Waals surface area contributed by atoms with Crippen molar-refractivity contribution in [1.29, 1.82) is 0 Å². The molecule has 2 aromatic rings. The van der Waals surface area contributed by atoms with E-state index in [1.54, 1.807) is 11.9 Å². The van der Waals surface area contributed by atoms with Crippen molar-refractivity contribution < 1.29 is 13.6 Å². The summed E-state index contributed by atoms with van der Waals surface area (Å²) >= 11 is 0. The first-order chi connectivity index (χ1) is 10.0. The fourth-order valence-electron chi connectivity index (χ4n) is 1.98. The van der Waals surface area contributed by atoms with E-state index in [0.717, 1.165) is 23.8 Å². The Morgan fingerprint density at radius 2 is 1.86 bits per heavy atom. The minimum atomic E-state index is -0.657. The number of nitrogens with one attached hydrogen (secondary N) is 1. The minimum Gasteiger partial charge on any atom is -0.322 e. The molecular weight excluding hydrogens is 274 g/mol. The van der Waals surface area contributed by atoms with E-state index in [0.29, 0.717) is 6.54 Å². The van der Waals surface area contributed by atoms with Gasteiger partial charge in [-0.2, -0.15) is 0 Å². The minimum absolute atomic E-state index is 0.0881. The van der Waals surface area contributed by atoms with Gasteiger partial charge in [-0.1, -0.05) is 30.3 Å². The maximum atomic E-state index is 13.4. The Kier molecular flexibility index (Phi) is 5.00. The van der Waals surface area contributed by atoms with Gasteiger partial charge in [0.05, 0.1) is 12.2 Å². The molecule has 2 rings (SSSR count). The van der Waals surface area contributed by atoms with Crippen LogP contribution in [-0.2, 0) is 11.3 Å². The molecule has 0 aliphatic rings. The Labute approximate surface area is 122 Å². The zero-order valence-corrected chi connectivity index (χ0v) is 11.6. The van der Waals surface area contributed by atoms with Crippen molar-refractivity contribution in [2.75, 3.05) is 18.9 Å². The fourth-order valence-corrected chi connectivity index (χ4v) is 1.98. The first-order valence-corrected chi connectivity index (χ1v) is 6.52. The van der Waals surface area contributed by atoms with Gasteiger partial charge >= 0.3 is 0 Å². The van der Waals surface area contributed by atoms with Gasteiger partial charge in [-0.25, -0.2) is 8.78 Å². The lowest BCUT2D eigenvalue weighted by Crippen LogP contribution is -2.30. The number of rotatable bonds is 5. The van der Waals surface area contributed by atoms with Gasteiger partial charge in [0.25, 0.3) is 0 Å². The van der Waals surface area contributed by atoms with E-state index in [1.165, 1.54) is 0 Å². The average molecular weight is 290 g/mol. The smallest absolute Gasteiger partial charge is 0.238 e. The van der Waals surface area contributed by atoms with E-state index in [4.69, 9.17) is 0 Å². The number of hydrogen-bond acceptors (Lipinski definition) is 2. The normalized spacial score (nSPS) is 10.7. The van der Waals surface area contributed by atoms with Crippen LogP contribution in [0.5, 0.6) is 0 Å². The third kappa shape index (κ3) is 4.65. The van der Waals surface area contributed by atoms with Gasteiger partial charge in [0.15, 0.2) is 0 Å². The molecule has 0 atom stereocenters. The van der Waals surface area contributed by atoms with Gasteiger partial charge in [-0.05, 0) is 24.7 Å². The van der Waals surface area contributed by atoms with Gasteiger partial charge in [-0.3, -0.25) is 9.69 Å². The van der Waals surface area contributed by atoms with Crippen molar-refractivity contribution in [3.63, 3.8) is 0 Å². The number of amides is 1. The molecule has 2 aromatic carbocycles. The van der Waals surface area contributed by atoms with E-state index in [-0.39, 0.29) is 12.2 Å². The summed E-state index contributed by atoms with van der Waals surface area (Å²) in [5.41, 5.74) is 0.929. The van der Waals surface area contributed by atoms with Crippen LogP contribution in [0.3, 0.4) is 0 Å². The molecule has 0 aromatic heterocycles. The van der Waals surface area contributed by atoms with Crippen molar-refractivity contribution in [3.8, 4) is 0 Å². The zero-order chi connectivity index (χ0) is 15.2. The molecule has 0 fully saturated rings. The quantitative estimate of drug-likeness (QED) is 0.918. The summed E-state index contributed by atoms with van der Waals surface area (Å²) in [6, 6.07) is 12.6. The van der Waals surface area contributed by atoms with Crippen LogP contribution in [0.1, 0.15) is 5.56 Å². The zero-order valence-electron chi connectivity index (χ0n) is 11.6. The Balaban J connectivity index is 1.91. The molecular formula is C16H16F2N2O. The molecule has 0 aliphatic heterocycles. The molecule has 0 saturated carbocycles. The number of hydrogen-bond donors (Lipinski definition) is 1. The van der Waals surface area contributed by atoms with Crippen LogP contribution in [0.4, 0.5) is 14.5 Å². The number of carbonyl (C=O) groups is 1. The molecule has 21 heavy (non-hydrogen) atoms. The monoisotopic (exact) mass is 290 g/mol. The van der Waals surface area contributed by atoms with E-state index in [1.807, 2.05) is 30.3 Å². The van der Waals surface area contributed by atoms with Gasteiger partial charge < -0.3 is 5.32 Å². The maximum absolute atomic E-state index is 13.4. The van der Waals surface area contributed by atoms with E-state index >= 15 is 0 Å². The Morgan fingerprint density at radius 3 is 2.57 bits per heavy atom. The number of benzene rings is 2. The lowest BCUT2D eigenvalue weighted by Gasteiger charge is -2.16. The van der Waals surface area contributed by atoms with Crippen LogP contribution in [0.2, 0.25) is 0 Å². The predicted octanol–water partition coefficient (Wildman–Crippen LogP) is 3.04. The van der Waals surface area contributed by atoms with E-state index < -0.39 is 17.5 Å². The van der Waals surface area contributed by atoms with E-state index in [2.05, 4.69) is 5.32 Å². The molecule has 0 spiro atoms. The lowest BCUT2D eigenvalue weighted by molar-refractivity contribution is -0.117. The van der Waals surface area contributed by atoms with Crippen molar-refractivity contribution in [2.24, 2.45) is 0 Å². The number of anilines is 1. The third-order valence-corrected chi connectivity index (χ3v) is 2.91. The standard InChI is InChI=1S/C16H16F2N2O/c1-20(10-12-5-3-2-4-6-12)11-16(21)19-15-9-13(17)7-8-14(15)18/h2-9H,10-11H2,1H3,(H,19,21). The van der Waals surface area contributed by atoms with Crippen molar-refractivity contribution in [3.05, 3.63) is 65.7 Å². The summed E-state index contributed by atoms with van der Waals surface area (Å²) in [7, 11) is 1.79. The van der Waals surface area contributed by atoms with E-state index in [9.17, 15) is 13.6 Å². The first kappa shape index (κ1) is 15.1. The second kappa shape index (κ2) is 6.95. The second-order valence-electron chi connectivity index (χ2n) is 4.83. The number of carbonyl (C=O) groups excluding carboxylic acids is 1. The molecule has 1 N–H and O–H groups in total. The molecule has 110 valence electrons. The summed E-state index contributed by atoms with van der Waals surface area (Å²) in [5.74, 6) is -1.64. The van der Waals surface area contributed by atoms with Crippen LogP contribution >= 0.6 is 0 Å². The molecule has 0 saturated heterocycles. The molecule has 1 amide bonds. The number of nitrogens with zero attached hydrogens (tertiary/aromatic N) is 1. The number of likely N-dealkylation sites (N-methyl/N-ethyl adjacent to an activating group) is 1. The Hall–Kier alpha value is -2.27. The maximum Gasteiger partial charge on any atom is 0.238 e. The van der Waals surface area contributed by atoms with Crippen molar-refractivity contribution in [2.45, 2.75) is 6.54 Å². The molecule has 0 bridgehead atoms. The molecule has 5 heteroatoms. The first-order valence-electron chi connectivity index (χ1n) is 6.52. The number of halogens is 2. The molecule has 0 unspecified atom stereocenters. The van der Waals surface area contributed by atoms with Crippen LogP contribution in [-0.4, -0.2) is 24.4 Å². The molecule has 0 radical (unpaired) electrons. The molecule has 0 aliphatic carbocycles. The fraction of sp³-hybridized carbons (Fsp3) is 0.188. The topological polar surface area (TPSA) is 32.3 Å². The Bertz CT molecular complexity index is 617. The highest BCUT2D eigenvalue weighted by Crippen LogP contribution is 2.15. The highest BCUT2D eigenvalue weighted by molar-refractivity contribution is 5.92. The van der Waals surface area contributed by atoms with Crippen LogP contribution in [0.25, 0.3) is 0 Å².